The Morgan fingerprint density at radius 1 is 1.30 bits per heavy atom. The van der Waals surface area contributed by atoms with Gasteiger partial charge in [0.25, 0.3) is 10.2 Å². The summed E-state index contributed by atoms with van der Waals surface area (Å²) in [4.78, 5) is 0. The van der Waals surface area contributed by atoms with E-state index < -0.39 is 10.2 Å². The van der Waals surface area contributed by atoms with Crippen molar-refractivity contribution in [3.05, 3.63) is 35.9 Å². The SMILES string of the molecule is CN(C[C@@H]1COCCO1)S(=O)(=O)NCc1ccccc1. The Labute approximate surface area is 119 Å². The van der Waals surface area contributed by atoms with Crippen molar-refractivity contribution >= 4 is 10.2 Å². The van der Waals surface area contributed by atoms with Crippen molar-refractivity contribution in [3.8, 4) is 0 Å². The van der Waals surface area contributed by atoms with Gasteiger partial charge in [-0.05, 0) is 5.56 Å². The van der Waals surface area contributed by atoms with Gasteiger partial charge in [0.05, 0.1) is 25.9 Å². The molecule has 20 heavy (non-hydrogen) atoms. The average molecular weight is 300 g/mol. The first-order chi connectivity index (χ1) is 9.58. The van der Waals surface area contributed by atoms with Crippen LogP contribution in [0.4, 0.5) is 0 Å². The number of nitrogens with one attached hydrogen (secondary N) is 1. The predicted molar refractivity (Wildman–Crippen MR) is 75.4 cm³/mol. The van der Waals surface area contributed by atoms with Gasteiger partial charge >= 0.3 is 0 Å². The summed E-state index contributed by atoms with van der Waals surface area (Å²) >= 11 is 0. The first-order valence-corrected chi connectivity index (χ1v) is 7.96. The molecule has 0 radical (unpaired) electrons. The normalized spacial score (nSPS) is 20.2. The minimum Gasteiger partial charge on any atom is -0.376 e. The average Bonchev–Trinajstić information content (AvgIpc) is 2.47. The number of hydrogen-bond donors (Lipinski definition) is 1. The van der Waals surface area contributed by atoms with Crippen LogP contribution in [0.15, 0.2) is 30.3 Å². The van der Waals surface area contributed by atoms with Crippen LogP contribution in [0.3, 0.4) is 0 Å². The summed E-state index contributed by atoms with van der Waals surface area (Å²) < 4.78 is 38.7. The maximum Gasteiger partial charge on any atom is 0.279 e. The van der Waals surface area contributed by atoms with Crippen LogP contribution in [-0.4, -0.2) is 52.2 Å². The molecule has 0 bridgehead atoms. The predicted octanol–water partition coefficient (Wildman–Crippen LogP) is 0.368. The van der Waals surface area contributed by atoms with Gasteiger partial charge in [-0.1, -0.05) is 30.3 Å². The Balaban J connectivity index is 1.85. The molecule has 0 spiro atoms. The summed E-state index contributed by atoms with van der Waals surface area (Å²) in [5.41, 5.74) is 0.918. The first kappa shape index (κ1) is 15.4. The summed E-state index contributed by atoms with van der Waals surface area (Å²) in [5, 5.41) is 0. The molecule has 1 aromatic carbocycles. The van der Waals surface area contributed by atoms with Gasteiger partial charge < -0.3 is 9.47 Å². The molecule has 0 amide bonds. The first-order valence-electron chi connectivity index (χ1n) is 6.52. The smallest absolute Gasteiger partial charge is 0.279 e. The maximum absolute atomic E-state index is 12.1. The summed E-state index contributed by atoms with van der Waals surface area (Å²) in [5.74, 6) is 0. The Bertz CT molecular complexity index is 500. The van der Waals surface area contributed by atoms with Crippen LogP contribution in [-0.2, 0) is 26.2 Å². The Hall–Kier alpha value is -0.990. The number of nitrogens with zero attached hydrogens (tertiary/aromatic N) is 1. The molecule has 1 saturated heterocycles. The molecule has 1 fully saturated rings. The molecule has 7 heteroatoms. The fourth-order valence-electron chi connectivity index (χ4n) is 1.91. The van der Waals surface area contributed by atoms with Gasteiger partial charge in [0.15, 0.2) is 0 Å². The quantitative estimate of drug-likeness (QED) is 0.824. The monoisotopic (exact) mass is 300 g/mol. The molecule has 0 aromatic heterocycles. The number of likely N-dealkylation sites (N-methyl/N-ethyl adjacent to an activating group) is 1. The van der Waals surface area contributed by atoms with E-state index in [0.29, 0.717) is 19.8 Å². The van der Waals surface area contributed by atoms with Crippen LogP contribution >= 0.6 is 0 Å². The molecule has 1 N–H and O–H groups in total. The minimum atomic E-state index is -3.51. The Morgan fingerprint density at radius 2 is 2.05 bits per heavy atom. The lowest BCUT2D eigenvalue weighted by Gasteiger charge is -2.27. The lowest BCUT2D eigenvalue weighted by Crippen LogP contribution is -2.45. The second-order valence-electron chi connectivity index (χ2n) is 4.66. The van der Waals surface area contributed by atoms with Crippen LogP contribution < -0.4 is 4.72 Å². The Kier molecular flexibility index (Phi) is 5.50. The number of hydrogen-bond acceptors (Lipinski definition) is 4. The van der Waals surface area contributed by atoms with E-state index in [1.54, 1.807) is 0 Å². The summed E-state index contributed by atoms with van der Waals surface area (Å²) in [6.45, 7) is 2.06. The van der Waals surface area contributed by atoms with Crippen LogP contribution in [0.1, 0.15) is 5.56 Å². The third kappa shape index (κ3) is 4.53. The molecule has 0 aliphatic carbocycles. The third-order valence-corrected chi connectivity index (χ3v) is 4.54. The zero-order valence-corrected chi connectivity index (χ0v) is 12.3. The molecule has 2 rings (SSSR count). The van der Waals surface area contributed by atoms with Gasteiger partial charge in [0.2, 0.25) is 0 Å². The van der Waals surface area contributed by atoms with Crippen LogP contribution in [0, 0.1) is 0 Å². The fourth-order valence-corrected chi connectivity index (χ4v) is 2.84. The molecule has 6 nitrogen and oxygen atoms in total. The lowest BCUT2D eigenvalue weighted by atomic mass is 10.2. The van der Waals surface area contributed by atoms with Crippen molar-refractivity contribution in [2.75, 3.05) is 33.4 Å². The van der Waals surface area contributed by atoms with Crippen LogP contribution in [0.25, 0.3) is 0 Å². The second kappa shape index (κ2) is 7.14. The zero-order valence-electron chi connectivity index (χ0n) is 11.5. The second-order valence-corrected chi connectivity index (χ2v) is 6.52. The van der Waals surface area contributed by atoms with E-state index in [0.717, 1.165) is 5.56 Å². The highest BCUT2D eigenvalue weighted by Gasteiger charge is 2.23. The van der Waals surface area contributed by atoms with Crippen molar-refractivity contribution in [1.29, 1.82) is 0 Å². The third-order valence-electron chi connectivity index (χ3n) is 3.06. The highest BCUT2D eigenvalue weighted by atomic mass is 32.2. The van der Waals surface area contributed by atoms with Crippen molar-refractivity contribution < 1.29 is 17.9 Å². The number of ether oxygens (including phenoxy) is 2. The molecule has 1 atom stereocenters. The van der Waals surface area contributed by atoms with E-state index in [9.17, 15) is 8.42 Å². The molecular weight excluding hydrogens is 280 g/mol. The van der Waals surface area contributed by atoms with Crippen molar-refractivity contribution in [2.24, 2.45) is 0 Å². The molecular formula is C13H20N2O4S. The highest BCUT2D eigenvalue weighted by Crippen LogP contribution is 2.06. The van der Waals surface area contributed by atoms with E-state index in [2.05, 4.69) is 4.72 Å². The van der Waals surface area contributed by atoms with Crippen LogP contribution in [0.5, 0.6) is 0 Å². The van der Waals surface area contributed by atoms with Crippen LogP contribution in [0.2, 0.25) is 0 Å². The summed E-state index contributed by atoms with van der Waals surface area (Å²) in [6, 6.07) is 9.40. The standard InChI is InChI=1S/C13H20N2O4S/c1-15(10-13-11-18-7-8-19-13)20(16,17)14-9-12-5-3-2-4-6-12/h2-6,13-14H,7-11H2,1H3/t13-/m1/s1. The van der Waals surface area contributed by atoms with Gasteiger partial charge in [-0.2, -0.15) is 17.4 Å². The minimum absolute atomic E-state index is 0.206. The number of rotatable bonds is 6. The van der Waals surface area contributed by atoms with Gasteiger partial charge in [-0.25, -0.2) is 0 Å². The largest absolute Gasteiger partial charge is 0.376 e. The zero-order chi connectivity index (χ0) is 14.4. The van der Waals surface area contributed by atoms with Crippen molar-refractivity contribution in [2.45, 2.75) is 12.6 Å². The lowest BCUT2D eigenvalue weighted by molar-refractivity contribution is -0.0909. The molecule has 0 saturated carbocycles. The van der Waals surface area contributed by atoms with Gasteiger partial charge in [-0.15, -0.1) is 0 Å². The van der Waals surface area contributed by atoms with Crippen molar-refractivity contribution in [1.82, 2.24) is 9.03 Å². The fraction of sp³-hybridized carbons (Fsp3) is 0.538. The van der Waals surface area contributed by atoms with Gasteiger partial charge in [-0.3, -0.25) is 0 Å². The van der Waals surface area contributed by atoms with E-state index in [4.69, 9.17) is 9.47 Å². The summed E-state index contributed by atoms with van der Waals surface area (Å²) in [6.07, 6.45) is -0.206. The highest BCUT2D eigenvalue weighted by molar-refractivity contribution is 7.87. The topological polar surface area (TPSA) is 67.9 Å². The van der Waals surface area contributed by atoms with E-state index in [1.807, 2.05) is 30.3 Å². The maximum atomic E-state index is 12.1. The molecule has 1 heterocycles. The molecule has 1 aromatic rings. The molecule has 1 aliphatic rings. The summed E-state index contributed by atoms with van der Waals surface area (Å²) in [7, 11) is -1.98. The van der Waals surface area contributed by atoms with E-state index >= 15 is 0 Å². The van der Waals surface area contributed by atoms with E-state index in [-0.39, 0.29) is 19.2 Å². The van der Waals surface area contributed by atoms with Gasteiger partial charge in [0.1, 0.15) is 0 Å². The van der Waals surface area contributed by atoms with Crippen molar-refractivity contribution in [3.63, 3.8) is 0 Å². The van der Waals surface area contributed by atoms with Gasteiger partial charge in [0, 0.05) is 20.1 Å². The molecule has 0 unspecified atom stereocenters. The van der Waals surface area contributed by atoms with E-state index in [1.165, 1.54) is 11.4 Å². The Morgan fingerprint density at radius 3 is 2.70 bits per heavy atom. The number of benzene rings is 1. The molecule has 1 aliphatic heterocycles. The molecule has 112 valence electrons.